The van der Waals surface area contributed by atoms with E-state index in [1.165, 1.54) is 0 Å². The lowest BCUT2D eigenvalue weighted by atomic mass is 9.77. The van der Waals surface area contributed by atoms with Crippen molar-refractivity contribution in [3.8, 4) is 0 Å². The summed E-state index contributed by atoms with van der Waals surface area (Å²) in [5, 5.41) is 12.4. The molecule has 1 fully saturated rings. The Kier molecular flexibility index (Phi) is 2.31. The van der Waals surface area contributed by atoms with Crippen molar-refractivity contribution in [2.24, 2.45) is 7.05 Å². The third-order valence-corrected chi connectivity index (χ3v) is 2.88. The molecule has 0 spiro atoms. The lowest BCUT2D eigenvalue weighted by Gasteiger charge is -2.41. The Bertz CT molecular complexity index is 374. The third kappa shape index (κ3) is 2.04. The predicted octanol–water partition coefficient (Wildman–Crippen LogP) is 0.668. The molecule has 1 aromatic heterocycles. The summed E-state index contributed by atoms with van der Waals surface area (Å²) in [6.07, 6.45) is 3.12. The topological polar surface area (TPSA) is 54.3 Å². The highest BCUT2D eigenvalue weighted by molar-refractivity contribution is 5.93. The van der Waals surface area contributed by atoms with E-state index in [0.717, 1.165) is 0 Å². The number of aromatic nitrogens is 1. The minimum absolute atomic E-state index is 0.0667. The van der Waals surface area contributed by atoms with Gasteiger partial charge in [0.05, 0.1) is 5.60 Å². The van der Waals surface area contributed by atoms with Crippen LogP contribution in [0.15, 0.2) is 18.3 Å². The maximum atomic E-state index is 11.7. The molecule has 1 saturated carbocycles. The normalized spacial score (nSPS) is 29.7. The van der Waals surface area contributed by atoms with Crippen LogP contribution >= 0.6 is 0 Å². The predicted molar refractivity (Wildman–Crippen MR) is 56.5 cm³/mol. The zero-order valence-electron chi connectivity index (χ0n) is 9.03. The second kappa shape index (κ2) is 3.38. The maximum absolute atomic E-state index is 11.7. The number of amides is 1. The highest BCUT2D eigenvalue weighted by atomic mass is 16.3. The van der Waals surface area contributed by atoms with Crippen molar-refractivity contribution in [2.75, 3.05) is 0 Å². The van der Waals surface area contributed by atoms with E-state index in [1.54, 1.807) is 17.6 Å². The molecule has 0 aliphatic heterocycles. The van der Waals surface area contributed by atoms with E-state index in [4.69, 9.17) is 0 Å². The SMILES string of the molecule is Cn1cccc1C(=O)NC1CC(C)(O)C1. The zero-order chi connectivity index (χ0) is 11.1. The molecule has 4 nitrogen and oxygen atoms in total. The molecule has 1 amide bonds. The fourth-order valence-electron chi connectivity index (χ4n) is 2.06. The van der Waals surface area contributed by atoms with Crippen molar-refractivity contribution in [2.45, 2.75) is 31.4 Å². The Labute approximate surface area is 88.9 Å². The van der Waals surface area contributed by atoms with Crippen LogP contribution in [-0.4, -0.2) is 27.2 Å². The first-order chi connectivity index (χ1) is 6.98. The Hall–Kier alpha value is -1.29. The molecule has 1 aromatic rings. The van der Waals surface area contributed by atoms with Gasteiger partial charge in [0.2, 0.25) is 0 Å². The van der Waals surface area contributed by atoms with Gasteiger partial charge in [0.25, 0.3) is 5.91 Å². The van der Waals surface area contributed by atoms with Gasteiger partial charge in [-0.3, -0.25) is 4.79 Å². The summed E-state index contributed by atoms with van der Waals surface area (Å²) in [4.78, 5) is 11.7. The second-order valence-corrected chi connectivity index (χ2v) is 4.58. The lowest BCUT2D eigenvalue weighted by Crippen LogP contribution is -2.53. The molecule has 15 heavy (non-hydrogen) atoms. The zero-order valence-corrected chi connectivity index (χ0v) is 9.03. The number of hydrogen-bond donors (Lipinski definition) is 2. The van der Waals surface area contributed by atoms with Crippen LogP contribution in [0.4, 0.5) is 0 Å². The van der Waals surface area contributed by atoms with Crippen molar-refractivity contribution in [3.05, 3.63) is 24.0 Å². The molecular weight excluding hydrogens is 192 g/mol. The lowest BCUT2D eigenvalue weighted by molar-refractivity contribution is -0.0367. The van der Waals surface area contributed by atoms with E-state index in [9.17, 15) is 9.90 Å². The summed E-state index contributed by atoms with van der Waals surface area (Å²) in [7, 11) is 1.84. The van der Waals surface area contributed by atoms with Crippen LogP contribution in [0.3, 0.4) is 0 Å². The average molecular weight is 208 g/mol. The van der Waals surface area contributed by atoms with Gasteiger partial charge >= 0.3 is 0 Å². The summed E-state index contributed by atoms with van der Waals surface area (Å²) in [5.41, 5.74) is 0.0631. The van der Waals surface area contributed by atoms with Crippen LogP contribution in [0, 0.1) is 0 Å². The van der Waals surface area contributed by atoms with Gasteiger partial charge in [-0.2, -0.15) is 0 Å². The van der Waals surface area contributed by atoms with Gasteiger partial charge in [-0.25, -0.2) is 0 Å². The number of hydrogen-bond acceptors (Lipinski definition) is 2. The number of nitrogens with zero attached hydrogens (tertiary/aromatic N) is 1. The summed E-state index contributed by atoms with van der Waals surface area (Å²) >= 11 is 0. The molecular formula is C11H16N2O2. The van der Waals surface area contributed by atoms with E-state index in [1.807, 2.05) is 19.3 Å². The fraction of sp³-hybridized carbons (Fsp3) is 0.545. The summed E-state index contributed by atoms with van der Waals surface area (Å²) < 4.78 is 1.78. The standard InChI is InChI=1S/C11H16N2O2/c1-11(15)6-8(7-11)12-10(14)9-4-3-5-13(9)2/h3-5,8,15H,6-7H2,1-2H3,(H,12,14). The molecule has 0 atom stereocenters. The quantitative estimate of drug-likeness (QED) is 0.750. The number of aryl methyl sites for hydroxylation is 1. The molecule has 4 heteroatoms. The monoisotopic (exact) mass is 208 g/mol. The molecule has 0 radical (unpaired) electrons. The van der Waals surface area contributed by atoms with E-state index < -0.39 is 5.60 Å². The number of carbonyl (C=O) groups excluding carboxylic acids is 1. The number of carbonyl (C=O) groups is 1. The van der Waals surface area contributed by atoms with Gasteiger partial charge in [0.15, 0.2) is 0 Å². The molecule has 0 saturated heterocycles. The van der Waals surface area contributed by atoms with Gasteiger partial charge in [-0.1, -0.05) is 0 Å². The largest absolute Gasteiger partial charge is 0.390 e. The molecule has 1 aliphatic rings. The maximum Gasteiger partial charge on any atom is 0.268 e. The van der Waals surface area contributed by atoms with Crippen molar-refractivity contribution in [1.29, 1.82) is 0 Å². The first kappa shape index (κ1) is 10.2. The highest BCUT2D eigenvalue weighted by Crippen LogP contribution is 2.31. The van der Waals surface area contributed by atoms with Gasteiger partial charge in [0.1, 0.15) is 5.69 Å². The van der Waals surface area contributed by atoms with E-state index in [-0.39, 0.29) is 11.9 Å². The average Bonchev–Trinajstić information content (AvgIpc) is 2.47. The summed E-state index contributed by atoms with van der Waals surface area (Å²) in [5.74, 6) is -0.0667. The minimum Gasteiger partial charge on any atom is -0.390 e. The fourth-order valence-corrected chi connectivity index (χ4v) is 2.06. The van der Waals surface area contributed by atoms with Gasteiger partial charge in [-0.15, -0.1) is 0 Å². The number of nitrogens with one attached hydrogen (secondary N) is 1. The van der Waals surface area contributed by atoms with Crippen LogP contribution in [-0.2, 0) is 7.05 Å². The van der Waals surface area contributed by atoms with Crippen LogP contribution < -0.4 is 5.32 Å². The van der Waals surface area contributed by atoms with Gasteiger partial charge < -0.3 is 15.0 Å². The molecule has 2 rings (SSSR count). The molecule has 0 aromatic carbocycles. The molecule has 0 bridgehead atoms. The third-order valence-electron chi connectivity index (χ3n) is 2.88. The Balaban J connectivity index is 1.92. The van der Waals surface area contributed by atoms with Crippen LogP contribution in [0.25, 0.3) is 0 Å². The molecule has 82 valence electrons. The molecule has 1 aliphatic carbocycles. The Morgan fingerprint density at radius 3 is 2.80 bits per heavy atom. The number of rotatable bonds is 2. The molecule has 2 N–H and O–H groups in total. The van der Waals surface area contributed by atoms with Crippen LogP contribution in [0.1, 0.15) is 30.3 Å². The summed E-state index contributed by atoms with van der Waals surface area (Å²) in [6, 6.07) is 3.74. The first-order valence-electron chi connectivity index (χ1n) is 5.12. The Morgan fingerprint density at radius 1 is 1.67 bits per heavy atom. The smallest absolute Gasteiger partial charge is 0.268 e. The second-order valence-electron chi connectivity index (χ2n) is 4.58. The van der Waals surface area contributed by atoms with Crippen molar-refractivity contribution >= 4 is 5.91 Å². The van der Waals surface area contributed by atoms with E-state index >= 15 is 0 Å². The highest BCUT2D eigenvalue weighted by Gasteiger charge is 2.39. The summed E-state index contributed by atoms with van der Waals surface area (Å²) in [6.45, 7) is 1.79. The molecule has 1 heterocycles. The van der Waals surface area contributed by atoms with Gasteiger partial charge in [-0.05, 0) is 31.9 Å². The van der Waals surface area contributed by atoms with Crippen molar-refractivity contribution in [3.63, 3.8) is 0 Å². The van der Waals surface area contributed by atoms with E-state index in [0.29, 0.717) is 18.5 Å². The van der Waals surface area contributed by atoms with Gasteiger partial charge in [0, 0.05) is 19.3 Å². The minimum atomic E-state index is -0.591. The Morgan fingerprint density at radius 2 is 2.33 bits per heavy atom. The van der Waals surface area contributed by atoms with Crippen LogP contribution in [0.2, 0.25) is 0 Å². The van der Waals surface area contributed by atoms with Crippen molar-refractivity contribution in [1.82, 2.24) is 9.88 Å². The van der Waals surface area contributed by atoms with E-state index in [2.05, 4.69) is 5.32 Å². The number of aliphatic hydroxyl groups is 1. The van der Waals surface area contributed by atoms with Crippen LogP contribution in [0.5, 0.6) is 0 Å². The molecule has 0 unspecified atom stereocenters. The first-order valence-corrected chi connectivity index (χ1v) is 5.12. The van der Waals surface area contributed by atoms with Crippen molar-refractivity contribution < 1.29 is 9.90 Å².